The van der Waals surface area contributed by atoms with Crippen molar-refractivity contribution in [2.45, 2.75) is 64.5 Å². The number of carbonyl (C=O) groups excluding carboxylic acids is 2. The minimum atomic E-state index is -0.687. The van der Waals surface area contributed by atoms with Crippen molar-refractivity contribution in [1.29, 1.82) is 0 Å². The molecule has 0 aliphatic rings. The lowest BCUT2D eigenvalue weighted by Gasteiger charge is -2.34. The molecule has 9 N–H and O–H groups in total. The van der Waals surface area contributed by atoms with E-state index in [0.29, 0.717) is 32.4 Å². The summed E-state index contributed by atoms with van der Waals surface area (Å²) in [6.07, 6.45) is 2.51. The first-order valence-electron chi connectivity index (χ1n) is 12.1. The standard InChI is InChI=1S/C26H37N3O8/c1-5-25(3,7-9-27-23(36)15-11-17(30)21(34)18(31)12-15)28-10-8-26(4,6-2)29-24(37)16-13-19(32)22(35)20(33)14-16/h11-14,28,30-35H,5-10H2,1-4H3,(H,27,36)(H,29,37). The molecule has 2 rings (SSSR count). The maximum atomic E-state index is 12.7. The zero-order chi connectivity index (χ0) is 28.0. The number of hydrogen-bond acceptors (Lipinski definition) is 9. The molecule has 2 aromatic rings. The van der Waals surface area contributed by atoms with E-state index in [-0.39, 0.29) is 16.7 Å². The average Bonchev–Trinajstić information content (AvgIpc) is 2.84. The summed E-state index contributed by atoms with van der Waals surface area (Å²) in [5.74, 6) is -4.73. The molecule has 2 atom stereocenters. The molecule has 11 nitrogen and oxygen atoms in total. The molecule has 0 saturated heterocycles. The van der Waals surface area contributed by atoms with Gasteiger partial charge >= 0.3 is 0 Å². The lowest BCUT2D eigenvalue weighted by molar-refractivity contribution is 0.0896. The van der Waals surface area contributed by atoms with Gasteiger partial charge in [-0.25, -0.2) is 0 Å². The number of amides is 2. The smallest absolute Gasteiger partial charge is 0.251 e. The summed E-state index contributed by atoms with van der Waals surface area (Å²) in [7, 11) is 0. The Morgan fingerprint density at radius 3 is 1.51 bits per heavy atom. The summed E-state index contributed by atoms with van der Waals surface area (Å²) >= 11 is 0. The number of phenolic OH excluding ortho intramolecular Hbond substituents is 6. The quantitative estimate of drug-likeness (QED) is 0.190. The molecular weight excluding hydrogens is 482 g/mol. The van der Waals surface area contributed by atoms with Crippen molar-refractivity contribution in [1.82, 2.24) is 16.0 Å². The minimum absolute atomic E-state index is 0.0173. The molecule has 0 aliphatic carbocycles. The van der Waals surface area contributed by atoms with Crippen LogP contribution in [0.1, 0.15) is 74.1 Å². The predicted octanol–water partition coefficient (Wildman–Crippen LogP) is 2.79. The van der Waals surface area contributed by atoms with Gasteiger partial charge in [-0.15, -0.1) is 0 Å². The van der Waals surface area contributed by atoms with E-state index in [1.165, 1.54) is 0 Å². The van der Waals surface area contributed by atoms with Gasteiger partial charge in [0.05, 0.1) is 0 Å². The molecule has 0 saturated carbocycles. The second-order valence-electron chi connectivity index (χ2n) is 9.69. The Hall–Kier alpha value is -3.86. The third-order valence-electron chi connectivity index (χ3n) is 6.83. The van der Waals surface area contributed by atoms with Gasteiger partial charge in [-0.2, -0.15) is 0 Å². The highest BCUT2D eigenvalue weighted by molar-refractivity contribution is 5.96. The summed E-state index contributed by atoms with van der Waals surface area (Å²) in [4.78, 5) is 25.1. The molecule has 11 heteroatoms. The van der Waals surface area contributed by atoms with E-state index in [2.05, 4.69) is 16.0 Å². The molecule has 0 bridgehead atoms. The topological polar surface area (TPSA) is 192 Å². The van der Waals surface area contributed by atoms with Gasteiger partial charge in [-0.1, -0.05) is 13.8 Å². The van der Waals surface area contributed by atoms with Gasteiger partial charge in [0.15, 0.2) is 34.5 Å². The van der Waals surface area contributed by atoms with Gasteiger partial charge in [-0.05, 0) is 70.3 Å². The second kappa shape index (κ2) is 11.9. The molecule has 0 spiro atoms. The highest BCUT2D eigenvalue weighted by atomic mass is 16.3. The zero-order valence-corrected chi connectivity index (χ0v) is 21.6. The fourth-order valence-electron chi connectivity index (χ4n) is 3.73. The molecule has 2 amide bonds. The predicted molar refractivity (Wildman–Crippen MR) is 137 cm³/mol. The van der Waals surface area contributed by atoms with Crippen LogP contribution in [0.25, 0.3) is 0 Å². The van der Waals surface area contributed by atoms with Gasteiger partial charge < -0.3 is 46.6 Å². The van der Waals surface area contributed by atoms with Crippen molar-refractivity contribution in [3.63, 3.8) is 0 Å². The lowest BCUT2D eigenvalue weighted by atomic mass is 9.91. The number of benzene rings is 2. The van der Waals surface area contributed by atoms with E-state index in [1.54, 1.807) is 0 Å². The van der Waals surface area contributed by atoms with Crippen molar-refractivity contribution < 1.29 is 40.2 Å². The van der Waals surface area contributed by atoms with E-state index in [1.807, 2.05) is 27.7 Å². The molecule has 2 aromatic carbocycles. The van der Waals surface area contributed by atoms with Crippen molar-refractivity contribution in [3.8, 4) is 34.5 Å². The molecule has 0 heterocycles. The van der Waals surface area contributed by atoms with Crippen LogP contribution in [-0.4, -0.2) is 66.6 Å². The van der Waals surface area contributed by atoms with Crippen LogP contribution in [-0.2, 0) is 0 Å². The largest absolute Gasteiger partial charge is 0.504 e. The van der Waals surface area contributed by atoms with E-state index in [9.17, 15) is 40.2 Å². The van der Waals surface area contributed by atoms with Crippen LogP contribution in [0.15, 0.2) is 24.3 Å². The summed E-state index contributed by atoms with van der Waals surface area (Å²) in [6, 6.07) is 4.31. The first kappa shape index (κ1) is 29.4. The van der Waals surface area contributed by atoms with Crippen LogP contribution >= 0.6 is 0 Å². The molecule has 0 radical (unpaired) electrons. The first-order chi connectivity index (χ1) is 17.2. The summed E-state index contributed by atoms with van der Waals surface area (Å²) < 4.78 is 0. The Morgan fingerprint density at radius 2 is 1.08 bits per heavy atom. The molecule has 0 fully saturated rings. The molecule has 204 valence electrons. The number of phenols is 6. The van der Waals surface area contributed by atoms with Gasteiger partial charge in [0.25, 0.3) is 11.8 Å². The third-order valence-corrected chi connectivity index (χ3v) is 6.83. The number of aromatic hydroxyl groups is 6. The molecule has 0 aliphatic heterocycles. The van der Waals surface area contributed by atoms with Crippen molar-refractivity contribution in [3.05, 3.63) is 35.4 Å². The zero-order valence-electron chi connectivity index (χ0n) is 21.6. The van der Waals surface area contributed by atoms with Crippen LogP contribution in [0.5, 0.6) is 34.5 Å². The van der Waals surface area contributed by atoms with Crippen molar-refractivity contribution in [2.75, 3.05) is 13.1 Å². The molecule has 37 heavy (non-hydrogen) atoms. The molecule has 0 aromatic heterocycles. The van der Waals surface area contributed by atoms with Crippen LogP contribution in [0.4, 0.5) is 0 Å². The maximum absolute atomic E-state index is 12.7. The number of carbonyl (C=O) groups is 2. The normalized spacial score (nSPS) is 14.4. The highest BCUT2D eigenvalue weighted by Crippen LogP contribution is 2.36. The SMILES string of the molecule is CCC(C)(CCNC(=O)c1cc(O)c(O)c(O)c1)NCCC(C)(CC)NC(=O)c1cc(O)c(O)c(O)c1. The van der Waals surface area contributed by atoms with E-state index >= 15 is 0 Å². The van der Waals surface area contributed by atoms with E-state index in [0.717, 1.165) is 30.7 Å². The third kappa shape index (κ3) is 7.56. The number of hydrogen-bond donors (Lipinski definition) is 9. The van der Waals surface area contributed by atoms with Gasteiger partial charge in [0.2, 0.25) is 0 Å². The fourth-order valence-corrected chi connectivity index (χ4v) is 3.73. The van der Waals surface area contributed by atoms with Gasteiger partial charge in [0.1, 0.15) is 0 Å². The van der Waals surface area contributed by atoms with Crippen LogP contribution < -0.4 is 16.0 Å². The van der Waals surface area contributed by atoms with E-state index < -0.39 is 51.9 Å². The highest BCUT2D eigenvalue weighted by Gasteiger charge is 2.28. The van der Waals surface area contributed by atoms with E-state index in [4.69, 9.17) is 0 Å². The lowest BCUT2D eigenvalue weighted by Crippen LogP contribution is -2.50. The average molecular weight is 520 g/mol. The fraction of sp³-hybridized carbons (Fsp3) is 0.462. The Labute approximate surface area is 215 Å². The monoisotopic (exact) mass is 519 g/mol. The molecule has 2 unspecified atom stereocenters. The van der Waals surface area contributed by atoms with Gasteiger partial charge in [0, 0.05) is 28.7 Å². The van der Waals surface area contributed by atoms with Crippen LogP contribution in [0, 0.1) is 0 Å². The Balaban J connectivity index is 1.92. The summed E-state index contributed by atoms with van der Waals surface area (Å²) in [5.41, 5.74) is -0.896. The summed E-state index contributed by atoms with van der Waals surface area (Å²) in [5, 5.41) is 66.7. The van der Waals surface area contributed by atoms with Gasteiger partial charge in [-0.3, -0.25) is 9.59 Å². The second-order valence-corrected chi connectivity index (χ2v) is 9.69. The minimum Gasteiger partial charge on any atom is -0.504 e. The maximum Gasteiger partial charge on any atom is 0.251 e. The summed E-state index contributed by atoms with van der Waals surface area (Å²) in [6.45, 7) is 8.71. The van der Waals surface area contributed by atoms with Crippen molar-refractivity contribution in [2.24, 2.45) is 0 Å². The van der Waals surface area contributed by atoms with Crippen molar-refractivity contribution >= 4 is 11.8 Å². The Kier molecular flexibility index (Phi) is 9.46. The number of nitrogens with one attached hydrogen (secondary N) is 3. The van der Waals surface area contributed by atoms with Crippen LogP contribution in [0.2, 0.25) is 0 Å². The number of rotatable bonds is 12. The molecular formula is C26H37N3O8. The Morgan fingerprint density at radius 1 is 0.676 bits per heavy atom. The van der Waals surface area contributed by atoms with Crippen LogP contribution in [0.3, 0.4) is 0 Å². The Bertz CT molecular complexity index is 1090. The first-order valence-corrected chi connectivity index (χ1v) is 12.1.